The van der Waals surface area contributed by atoms with Crippen molar-refractivity contribution in [3.8, 4) is 0 Å². The van der Waals surface area contributed by atoms with Gasteiger partial charge in [-0.3, -0.25) is 0 Å². The van der Waals surface area contributed by atoms with Crippen LogP contribution in [-0.2, 0) is 14.2 Å². The van der Waals surface area contributed by atoms with Crippen LogP contribution in [0.4, 0.5) is 4.39 Å². The van der Waals surface area contributed by atoms with E-state index < -0.39 is 37.4 Å². The van der Waals surface area contributed by atoms with Crippen molar-refractivity contribution < 1.29 is 28.8 Å². The molecule has 0 aliphatic carbocycles. The number of hydrogen-bond acceptors (Lipinski definition) is 5. The SMILES string of the molecule is CCCCCCCCCCCCCCCCO[C@@H]1[C@@H](OCCCCCCCCCCCCCCCC)[C@H](O)[C@@H](CF)O[C@H]1O. The van der Waals surface area contributed by atoms with Crippen molar-refractivity contribution in [1.82, 2.24) is 0 Å². The zero-order valence-electron chi connectivity index (χ0n) is 29.3. The zero-order chi connectivity index (χ0) is 31.9. The minimum absolute atomic E-state index is 0.476. The molecule has 0 bridgehead atoms. The van der Waals surface area contributed by atoms with E-state index in [0.29, 0.717) is 13.2 Å². The first-order chi connectivity index (χ1) is 21.7. The molecule has 0 unspecified atom stereocenters. The van der Waals surface area contributed by atoms with Crippen molar-refractivity contribution in [3.05, 3.63) is 0 Å². The standard InChI is InChI=1S/C38H75FO5/c1-3-5-7-9-11-13-15-17-19-21-23-25-27-29-31-42-36-35(40)34(33-39)44-38(41)37(36)43-32-30-28-26-24-22-20-18-16-14-12-10-8-6-4-2/h34-38,40-41H,3-33H2,1-2H3/t34-,35-,36+,37-,38-/m1/s1. The molecule has 1 saturated heterocycles. The summed E-state index contributed by atoms with van der Waals surface area (Å²) in [5.41, 5.74) is 0. The number of aliphatic hydroxyl groups excluding tert-OH is 2. The highest BCUT2D eigenvalue weighted by Crippen LogP contribution is 2.26. The second-order valence-corrected chi connectivity index (χ2v) is 13.6. The molecule has 0 radical (unpaired) electrons. The number of halogens is 1. The summed E-state index contributed by atoms with van der Waals surface area (Å²) in [6.45, 7) is 4.64. The van der Waals surface area contributed by atoms with Gasteiger partial charge in [-0.1, -0.05) is 181 Å². The lowest BCUT2D eigenvalue weighted by Gasteiger charge is -2.41. The van der Waals surface area contributed by atoms with Gasteiger partial charge >= 0.3 is 0 Å². The van der Waals surface area contributed by atoms with Gasteiger partial charge in [-0.25, -0.2) is 4.39 Å². The largest absolute Gasteiger partial charge is 0.387 e. The fourth-order valence-electron chi connectivity index (χ4n) is 6.44. The Balaban J connectivity index is 2.09. The Hall–Kier alpha value is -0.270. The second-order valence-electron chi connectivity index (χ2n) is 13.6. The zero-order valence-corrected chi connectivity index (χ0v) is 29.3. The van der Waals surface area contributed by atoms with Crippen molar-refractivity contribution in [3.63, 3.8) is 0 Å². The minimum Gasteiger partial charge on any atom is -0.387 e. The van der Waals surface area contributed by atoms with Crippen LogP contribution in [0.5, 0.6) is 0 Å². The number of ether oxygens (including phenoxy) is 3. The van der Waals surface area contributed by atoms with Crippen molar-refractivity contribution in [2.75, 3.05) is 19.9 Å². The van der Waals surface area contributed by atoms with Crippen LogP contribution in [0.15, 0.2) is 0 Å². The van der Waals surface area contributed by atoms with E-state index in [1.165, 1.54) is 154 Å². The third-order valence-corrected chi connectivity index (χ3v) is 9.41. The van der Waals surface area contributed by atoms with Crippen molar-refractivity contribution >= 4 is 0 Å². The predicted octanol–water partition coefficient (Wildman–Crippen LogP) is 10.8. The highest BCUT2D eigenvalue weighted by molar-refractivity contribution is 4.91. The molecule has 0 spiro atoms. The Kier molecular flexibility index (Phi) is 29.7. The summed E-state index contributed by atoms with van der Waals surface area (Å²) in [5, 5.41) is 21.2. The lowest BCUT2D eigenvalue weighted by atomic mass is 9.99. The molecule has 0 aromatic rings. The molecular formula is C38H75FO5. The maximum Gasteiger partial charge on any atom is 0.184 e. The molecule has 1 rings (SSSR count). The first kappa shape index (κ1) is 41.8. The van der Waals surface area contributed by atoms with Gasteiger partial charge < -0.3 is 24.4 Å². The fraction of sp³-hybridized carbons (Fsp3) is 1.00. The molecule has 0 aromatic heterocycles. The predicted molar refractivity (Wildman–Crippen MR) is 183 cm³/mol. The van der Waals surface area contributed by atoms with Gasteiger partial charge in [-0.05, 0) is 12.8 Å². The Bertz CT molecular complexity index is 579. The number of hydrogen-bond donors (Lipinski definition) is 2. The van der Waals surface area contributed by atoms with Gasteiger partial charge in [-0.2, -0.15) is 0 Å². The normalized spacial score (nSPS) is 22.2. The van der Waals surface area contributed by atoms with Crippen LogP contribution in [0.3, 0.4) is 0 Å². The molecule has 1 aliphatic heterocycles. The summed E-state index contributed by atoms with van der Waals surface area (Å²) < 4.78 is 30.7. The molecular weight excluding hydrogens is 555 g/mol. The second kappa shape index (κ2) is 31.3. The maximum atomic E-state index is 13.4. The molecule has 1 fully saturated rings. The Morgan fingerprint density at radius 1 is 0.455 bits per heavy atom. The smallest absolute Gasteiger partial charge is 0.184 e. The van der Waals surface area contributed by atoms with E-state index >= 15 is 0 Å². The third kappa shape index (κ3) is 22.3. The maximum absolute atomic E-state index is 13.4. The van der Waals surface area contributed by atoms with Crippen LogP contribution in [0.2, 0.25) is 0 Å². The van der Waals surface area contributed by atoms with Crippen LogP contribution in [0, 0.1) is 0 Å². The molecule has 5 atom stereocenters. The fourth-order valence-corrected chi connectivity index (χ4v) is 6.44. The summed E-state index contributed by atoms with van der Waals surface area (Å²) in [6.07, 6.45) is 31.1. The van der Waals surface area contributed by atoms with Crippen molar-refractivity contribution in [2.24, 2.45) is 0 Å². The van der Waals surface area contributed by atoms with E-state index in [1.54, 1.807) is 0 Å². The average Bonchev–Trinajstić information content (AvgIpc) is 3.03. The minimum atomic E-state index is -1.29. The van der Waals surface area contributed by atoms with Gasteiger partial charge in [0.25, 0.3) is 0 Å². The summed E-state index contributed by atoms with van der Waals surface area (Å²) in [5.74, 6) is 0. The van der Waals surface area contributed by atoms with Crippen LogP contribution >= 0.6 is 0 Å². The molecule has 1 aliphatic rings. The number of aliphatic hydroxyl groups is 2. The monoisotopic (exact) mass is 631 g/mol. The molecule has 1 heterocycles. The summed E-state index contributed by atoms with van der Waals surface area (Å²) in [6, 6.07) is 0. The molecule has 0 amide bonds. The van der Waals surface area contributed by atoms with E-state index in [9.17, 15) is 14.6 Å². The number of unbranched alkanes of at least 4 members (excludes halogenated alkanes) is 26. The molecule has 0 saturated carbocycles. The van der Waals surface area contributed by atoms with Gasteiger partial charge in [0.2, 0.25) is 0 Å². The van der Waals surface area contributed by atoms with Gasteiger partial charge in [0.15, 0.2) is 6.29 Å². The summed E-state index contributed by atoms with van der Waals surface area (Å²) in [4.78, 5) is 0. The number of rotatable bonds is 33. The highest BCUT2D eigenvalue weighted by Gasteiger charge is 2.46. The van der Waals surface area contributed by atoms with Gasteiger partial charge in [0.05, 0.1) is 0 Å². The summed E-state index contributed by atoms with van der Waals surface area (Å²) in [7, 11) is 0. The van der Waals surface area contributed by atoms with Gasteiger partial charge in [0, 0.05) is 13.2 Å². The molecule has 0 aromatic carbocycles. The van der Waals surface area contributed by atoms with Crippen LogP contribution in [0.1, 0.15) is 194 Å². The van der Waals surface area contributed by atoms with Gasteiger partial charge in [-0.15, -0.1) is 0 Å². The molecule has 5 nitrogen and oxygen atoms in total. The molecule has 2 N–H and O–H groups in total. The van der Waals surface area contributed by atoms with Crippen LogP contribution in [-0.4, -0.2) is 60.8 Å². The van der Waals surface area contributed by atoms with Crippen LogP contribution in [0.25, 0.3) is 0 Å². The first-order valence-electron chi connectivity index (χ1n) is 19.5. The Labute approximate surface area is 272 Å². The van der Waals surface area contributed by atoms with Crippen molar-refractivity contribution in [1.29, 1.82) is 0 Å². The quantitative estimate of drug-likeness (QED) is 0.0706. The molecule has 6 heteroatoms. The Morgan fingerprint density at radius 2 is 0.750 bits per heavy atom. The lowest BCUT2D eigenvalue weighted by molar-refractivity contribution is -0.301. The van der Waals surface area contributed by atoms with E-state index in [2.05, 4.69) is 13.8 Å². The van der Waals surface area contributed by atoms with E-state index in [4.69, 9.17) is 14.2 Å². The Morgan fingerprint density at radius 3 is 1.07 bits per heavy atom. The molecule has 44 heavy (non-hydrogen) atoms. The van der Waals surface area contributed by atoms with Crippen molar-refractivity contribution in [2.45, 2.75) is 224 Å². The molecule has 264 valence electrons. The summed E-state index contributed by atoms with van der Waals surface area (Å²) >= 11 is 0. The van der Waals surface area contributed by atoms with E-state index in [-0.39, 0.29) is 0 Å². The van der Waals surface area contributed by atoms with E-state index in [0.717, 1.165) is 25.7 Å². The average molecular weight is 631 g/mol. The number of alkyl halides is 1. The van der Waals surface area contributed by atoms with E-state index in [1.807, 2.05) is 0 Å². The highest BCUT2D eigenvalue weighted by atomic mass is 19.1. The lowest BCUT2D eigenvalue weighted by Crippen LogP contribution is -2.60. The van der Waals surface area contributed by atoms with Crippen LogP contribution < -0.4 is 0 Å². The first-order valence-corrected chi connectivity index (χ1v) is 19.5. The van der Waals surface area contributed by atoms with Gasteiger partial charge in [0.1, 0.15) is 31.1 Å². The topological polar surface area (TPSA) is 68.2 Å². The third-order valence-electron chi connectivity index (χ3n) is 9.41.